The predicted octanol–water partition coefficient (Wildman–Crippen LogP) is 2.64. The first-order valence-corrected chi connectivity index (χ1v) is 11.2. The number of nitrogens with zero attached hydrogens (tertiary/aromatic N) is 1. The molecular weight excluding hydrogens is 452 g/mol. The van der Waals surface area contributed by atoms with Crippen molar-refractivity contribution in [1.82, 2.24) is 9.55 Å². The van der Waals surface area contributed by atoms with Gasteiger partial charge in [-0.1, -0.05) is 60.7 Å². The van der Waals surface area contributed by atoms with Gasteiger partial charge in [-0.25, -0.2) is 4.79 Å². The second kappa shape index (κ2) is 11.3. The highest BCUT2D eigenvalue weighted by molar-refractivity contribution is 5.66. The van der Waals surface area contributed by atoms with Gasteiger partial charge >= 0.3 is 11.7 Å². The summed E-state index contributed by atoms with van der Waals surface area (Å²) in [6, 6.07) is 19.2. The standard InChI is InChI=1S/C26H27N2O7/c1-17-13-28(26(31)27-24(17)30)25-23(34-18(2)29)22(33-15-20-11-7-4-8-12-20)21(35-25)16-32-14-19-9-5-3-6-10-19/h3-13,22-23,25H,14-16H2,1-2H3,(H,27,30,31)/t22-,23+,25+/m0/s1. The molecule has 0 aliphatic carbocycles. The van der Waals surface area contributed by atoms with E-state index in [4.69, 9.17) is 18.9 Å². The molecule has 3 aromatic rings. The molecule has 1 saturated heterocycles. The van der Waals surface area contributed by atoms with Gasteiger partial charge in [0.15, 0.2) is 18.4 Å². The Hall–Kier alpha value is -3.53. The van der Waals surface area contributed by atoms with E-state index in [2.05, 4.69) is 4.98 Å². The van der Waals surface area contributed by atoms with Crippen LogP contribution in [0.5, 0.6) is 0 Å². The zero-order valence-corrected chi connectivity index (χ0v) is 19.5. The van der Waals surface area contributed by atoms with Crippen LogP contribution in [0.4, 0.5) is 0 Å². The molecule has 9 nitrogen and oxygen atoms in total. The third kappa shape index (κ3) is 6.13. The number of hydrogen-bond donors (Lipinski definition) is 1. The van der Waals surface area contributed by atoms with Crippen LogP contribution in [0.2, 0.25) is 0 Å². The van der Waals surface area contributed by atoms with Crippen molar-refractivity contribution in [2.45, 2.75) is 45.5 Å². The summed E-state index contributed by atoms with van der Waals surface area (Å²) in [5.74, 6) is -0.558. The smallest absolute Gasteiger partial charge is 0.330 e. The van der Waals surface area contributed by atoms with Gasteiger partial charge in [-0.05, 0) is 18.1 Å². The fourth-order valence-corrected chi connectivity index (χ4v) is 3.83. The summed E-state index contributed by atoms with van der Waals surface area (Å²) in [6.45, 7) is 3.46. The molecule has 1 radical (unpaired) electrons. The van der Waals surface area contributed by atoms with Crippen LogP contribution in [-0.4, -0.2) is 34.3 Å². The fourth-order valence-electron chi connectivity index (χ4n) is 3.83. The van der Waals surface area contributed by atoms with Gasteiger partial charge in [0.05, 0.1) is 19.8 Å². The fraction of sp³-hybridized carbons (Fsp3) is 0.308. The minimum absolute atomic E-state index is 0.0553. The maximum atomic E-state index is 12.6. The Labute approximate surface area is 202 Å². The highest BCUT2D eigenvalue weighted by Gasteiger charge is 2.50. The van der Waals surface area contributed by atoms with Gasteiger partial charge in [0, 0.05) is 18.7 Å². The van der Waals surface area contributed by atoms with Crippen molar-refractivity contribution in [3.8, 4) is 0 Å². The summed E-state index contributed by atoms with van der Waals surface area (Å²) < 4.78 is 24.9. The Morgan fingerprint density at radius 3 is 2.23 bits per heavy atom. The van der Waals surface area contributed by atoms with E-state index in [9.17, 15) is 14.4 Å². The molecule has 0 bridgehead atoms. The molecule has 1 N–H and O–H groups in total. The van der Waals surface area contributed by atoms with Crippen LogP contribution in [0.3, 0.4) is 0 Å². The van der Waals surface area contributed by atoms with E-state index >= 15 is 0 Å². The molecule has 0 amide bonds. The monoisotopic (exact) mass is 479 g/mol. The van der Waals surface area contributed by atoms with Gasteiger partial charge in [-0.3, -0.25) is 19.1 Å². The van der Waals surface area contributed by atoms with Gasteiger partial charge in [0.25, 0.3) is 5.56 Å². The Morgan fingerprint density at radius 2 is 1.60 bits per heavy atom. The summed E-state index contributed by atoms with van der Waals surface area (Å²) in [7, 11) is 0. The molecule has 2 aromatic carbocycles. The molecule has 4 rings (SSSR count). The number of aromatic amines is 1. The van der Waals surface area contributed by atoms with E-state index in [0.717, 1.165) is 11.1 Å². The van der Waals surface area contributed by atoms with Crippen LogP contribution in [0.15, 0.2) is 76.4 Å². The Kier molecular flexibility index (Phi) is 7.91. The second-order valence-corrected chi connectivity index (χ2v) is 8.22. The first-order valence-electron chi connectivity index (χ1n) is 11.2. The molecule has 0 saturated carbocycles. The third-order valence-corrected chi connectivity index (χ3v) is 5.52. The van der Waals surface area contributed by atoms with E-state index in [-0.39, 0.29) is 13.2 Å². The number of rotatable bonds is 9. The zero-order valence-electron chi connectivity index (χ0n) is 19.5. The van der Waals surface area contributed by atoms with Crippen LogP contribution < -0.4 is 11.2 Å². The molecule has 1 fully saturated rings. The quantitative estimate of drug-likeness (QED) is 0.470. The number of ether oxygens (including phenoxy) is 4. The third-order valence-electron chi connectivity index (χ3n) is 5.52. The number of benzene rings is 2. The number of carbonyl (C=O) groups excluding carboxylic acids is 1. The number of nitrogens with one attached hydrogen (secondary N) is 1. The van der Waals surface area contributed by atoms with Crippen molar-refractivity contribution in [1.29, 1.82) is 0 Å². The minimum Gasteiger partial charge on any atom is -0.455 e. The van der Waals surface area contributed by atoms with Crippen LogP contribution in [0.1, 0.15) is 29.8 Å². The van der Waals surface area contributed by atoms with Gasteiger partial charge < -0.3 is 18.9 Å². The normalized spacial score (nSPS) is 20.1. The predicted molar refractivity (Wildman–Crippen MR) is 126 cm³/mol. The molecule has 0 spiro atoms. The van der Waals surface area contributed by atoms with Crippen LogP contribution in [0.25, 0.3) is 0 Å². The SMILES string of the molecule is CC(=O)O[C@H]1[C@H](n2cc(C)c(=O)[nH]c2=O)O[C](COCc2ccccc2)[C@@H]1OCc1ccccc1. The number of hydrogen-bond acceptors (Lipinski definition) is 7. The summed E-state index contributed by atoms with van der Waals surface area (Å²) in [6.07, 6.45) is -1.07. The van der Waals surface area contributed by atoms with Crippen molar-refractivity contribution in [3.05, 3.63) is 110 Å². The number of H-pyrrole nitrogens is 1. The van der Waals surface area contributed by atoms with Crippen LogP contribution in [-0.2, 0) is 37.0 Å². The Bertz CT molecular complexity index is 1240. The zero-order chi connectivity index (χ0) is 24.8. The second-order valence-electron chi connectivity index (χ2n) is 8.22. The number of esters is 1. The number of aromatic nitrogens is 2. The largest absolute Gasteiger partial charge is 0.455 e. The molecule has 2 heterocycles. The molecule has 35 heavy (non-hydrogen) atoms. The molecule has 183 valence electrons. The Morgan fingerprint density at radius 1 is 0.971 bits per heavy atom. The summed E-state index contributed by atoms with van der Waals surface area (Å²) >= 11 is 0. The lowest BCUT2D eigenvalue weighted by Gasteiger charge is -2.24. The lowest BCUT2D eigenvalue weighted by atomic mass is 10.1. The van der Waals surface area contributed by atoms with E-state index in [1.165, 1.54) is 17.7 Å². The number of aryl methyl sites for hydroxylation is 1. The average molecular weight is 480 g/mol. The lowest BCUT2D eigenvalue weighted by molar-refractivity contribution is -0.158. The van der Waals surface area contributed by atoms with Crippen molar-refractivity contribution in [2.75, 3.05) is 6.61 Å². The molecule has 9 heteroatoms. The van der Waals surface area contributed by atoms with Crippen molar-refractivity contribution < 1.29 is 23.7 Å². The number of carbonyl (C=O) groups is 1. The Balaban J connectivity index is 1.60. The maximum Gasteiger partial charge on any atom is 0.330 e. The van der Waals surface area contributed by atoms with Crippen LogP contribution >= 0.6 is 0 Å². The molecule has 0 unspecified atom stereocenters. The first-order chi connectivity index (χ1) is 16.9. The van der Waals surface area contributed by atoms with Crippen molar-refractivity contribution >= 4 is 5.97 Å². The maximum absolute atomic E-state index is 12.6. The van der Waals surface area contributed by atoms with Gasteiger partial charge in [-0.2, -0.15) is 0 Å². The topological polar surface area (TPSA) is 109 Å². The van der Waals surface area contributed by atoms with E-state index in [1.807, 2.05) is 60.7 Å². The van der Waals surface area contributed by atoms with E-state index in [1.54, 1.807) is 6.92 Å². The van der Waals surface area contributed by atoms with Crippen molar-refractivity contribution in [2.24, 2.45) is 0 Å². The van der Waals surface area contributed by atoms with Crippen LogP contribution in [0, 0.1) is 13.0 Å². The summed E-state index contributed by atoms with van der Waals surface area (Å²) in [5.41, 5.74) is 1.02. The first kappa shape index (κ1) is 24.6. The van der Waals surface area contributed by atoms with Crippen molar-refractivity contribution in [3.63, 3.8) is 0 Å². The molecule has 1 aliphatic heterocycles. The molecule has 3 atom stereocenters. The lowest BCUT2D eigenvalue weighted by Crippen LogP contribution is -2.41. The molecule has 1 aromatic heterocycles. The average Bonchev–Trinajstić information content (AvgIpc) is 3.17. The van der Waals surface area contributed by atoms with Gasteiger partial charge in [0.2, 0.25) is 0 Å². The highest BCUT2D eigenvalue weighted by Crippen LogP contribution is 2.38. The summed E-state index contributed by atoms with van der Waals surface area (Å²) in [5, 5.41) is 0. The van der Waals surface area contributed by atoms with Gasteiger partial charge in [-0.15, -0.1) is 0 Å². The highest BCUT2D eigenvalue weighted by atomic mass is 16.6. The minimum atomic E-state index is -1.04. The van der Waals surface area contributed by atoms with E-state index < -0.39 is 35.7 Å². The van der Waals surface area contributed by atoms with E-state index in [0.29, 0.717) is 18.3 Å². The summed E-state index contributed by atoms with van der Waals surface area (Å²) in [4.78, 5) is 38.7. The van der Waals surface area contributed by atoms with Gasteiger partial charge in [0.1, 0.15) is 6.10 Å². The molecule has 1 aliphatic rings. The molecular formula is C26H27N2O7.